The number of thiophene rings is 1. The molecular formula is C17H29ClN2S. The van der Waals surface area contributed by atoms with Crippen LogP contribution in [0.2, 0.25) is 4.34 Å². The first-order valence-electron chi connectivity index (χ1n) is 8.39. The van der Waals surface area contributed by atoms with Crippen LogP contribution < -0.4 is 5.32 Å². The van der Waals surface area contributed by atoms with E-state index in [1.807, 2.05) is 6.07 Å². The van der Waals surface area contributed by atoms with Crippen LogP contribution in [-0.2, 0) is 6.42 Å². The van der Waals surface area contributed by atoms with Gasteiger partial charge >= 0.3 is 0 Å². The van der Waals surface area contributed by atoms with Crippen LogP contribution in [0.1, 0.15) is 51.3 Å². The Bertz CT molecular complexity index is 422. The summed E-state index contributed by atoms with van der Waals surface area (Å²) in [5.74, 6) is 0. The predicted molar refractivity (Wildman–Crippen MR) is 94.6 cm³/mol. The molecule has 4 heteroatoms. The lowest BCUT2D eigenvalue weighted by Crippen LogP contribution is -2.60. The zero-order valence-corrected chi connectivity index (χ0v) is 15.2. The average molecular weight is 329 g/mol. The van der Waals surface area contributed by atoms with Crippen molar-refractivity contribution in [2.45, 2.75) is 64.5 Å². The third kappa shape index (κ3) is 3.82. The van der Waals surface area contributed by atoms with E-state index in [-0.39, 0.29) is 0 Å². The van der Waals surface area contributed by atoms with E-state index in [9.17, 15) is 0 Å². The molecule has 1 unspecified atom stereocenters. The quantitative estimate of drug-likeness (QED) is 0.751. The highest BCUT2D eigenvalue weighted by atomic mass is 35.5. The van der Waals surface area contributed by atoms with Crippen LogP contribution in [0.5, 0.6) is 0 Å². The topological polar surface area (TPSA) is 15.3 Å². The molecule has 21 heavy (non-hydrogen) atoms. The van der Waals surface area contributed by atoms with Crippen molar-refractivity contribution in [2.75, 3.05) is 19.6 Å². The van der Waals surface area contributed by atoms with Crippen molar-refractivity contribution in [3.8, 4) is 0 Å². The Kier molecular flexibility index (Phi) is 6.54. The van der Waals surface area contributed by atoms with Gasteiger partial charge in [0.25, 0.3) is 0 Å². The molecule has 0 saturated heterocycles. The Hall–Kier alpha value is -0.0900. The molecule has 0 aromatic carbocycles. The van der Waals surface area contributed by atoms with Gasteiger partial charge in [0.1, 0.15) is 0 Å². The standard InChI is InChI=1S/C17H29ClN2S/c1-4-19-15(13-14-9-10-16(18)21-14)17(11-7-8-12-17)20(5-2)6-3/h9-10,15,19H,4-8,11-13H2,1-3H3. The number of likely N-dealkylation sites (N-methyl/N-ethyl adjacent to an activating group) is 2. The summed E-state index contributed by atoms with van der Waals surface area (Å²) in [6, 6.07) is 4.76. The molecule has 1 heterocycles. The number of halogens is 1. The summed E-state index contributed by atoms with van der Waals surface area (Å²) in [5, 5.41) is 3.79. The molecule has 0 bridgehead atoms. The normalized spacial score (nSPS) is 19.3. The first kappa shape index (κ1) is 17.3. The molecule has 1 aliphatic carbocycles. The van der Waals surface area contributed by atoms with Crippen molar-refractivity contribution < 1.29 is 0 Å². The highest BCUT2D eigenvalue weighted by Crippen LogP contribution is 2.40. The Balaban J connectivity index is 2.23. The SMILES string of the molecule is CCNC(Cc1ccc(Cl)s1)C1(N(CC)CC)CCCC1. The molecule has 1 saturated carbocycles. The molecule has 1 N–H and O–H groups in total. The number of nitrogens with one attached hydrogen (secondary N) is 1. The largest absolute Gasteiger partial charge is 0.312 e. The fourth-order valence-electron chi connectivity index (χ4n) is 4.09. The van der Waals surface area contributed by atoms with E-state index in [1.165, 1.54) is 30.6 Å². The molecule has 1 aromatic heterocycles. The Morgan fingerprint density at radius 1 is 1.24 bits per heavy atom. The van der Waals surface area contributed by atoms with Gasteiger partial charge in [0.05, 0.1) is 4.34 Å². The molecule has 0 spiro atoms. The predicted octanol–water partition coefficient (Wildman–Crippen LogP) is 4.58. The summed E-state index contributed by atoms with van der Waals surface area (Å²) < 4.78 is 0.906. The summed E-state index contributed by atoms with van der Waals surface area (Å²) >= 11 is 7.85. The zero-order valence-electron chi connectivity index (χ0n) is 13.6. The summed E-state index contributed by atoms with van der Waals surface area (Å²) in [6.45, 7) is 10.1. The van der Waals surface area contributed by atoms with Crippen LogP contribution in [0.15, 0.2) is 12.1 Å². The van der Waals surface area contributed by atoms with Crippen molar-refractivity contribution in [1.82, 2.24) is 10.2 Å². The first-order valence-corrected chi connectivity index (χ1v) is 9.58. The van der Waals surface area contributed by atoms with E-state index in [1.54, 1.807) is 11.3 Å². The molecule has 1 fully saturated rings. The molecule has 0 amide bonds. The van der Waals surface area contributed by atoms with Crippen molar-refractivity contribution >= 4 is 22.9 Å². The zero-order chi connectivity index (χ0) is 15.3. The fourth-order valence-corrected chi connectivity index (χ4v) is 5.22. The third-order valence-corrected chi connectivity index (χ3v) is 6.25. The van der Waals surface area contributed by atoms with Gasteiger partial charge in [0.15, 0.2) is 0 Å². The number of rotatable bonds is 8. The van der Waals surface area contributed by atoms with Crippen LogP contribution in [-0.4, -0.2) is 36.1 Å². The maximum absolute atomic E-state index is 6.12. The second-order valence-electron chi connectivity index (χ2n) is 6.00. The lowest BCUT2D eigenvalue weighted by molar-refractivity contribution is 0.0638. The lowest BCUT2D eigenvalue weighted by atomic mass is 9.83. The van der Waals surface area contributed by atoms with Crippen molar-refractivity contribution in [2.24, 2.45) is 0 Å². The minimum absolute atomic E-state index is 0.329. The summed E-state index contributed by atoms with van der Waals surface area (Å²) in [5.41, 5.74) is 0.329. The van der Waals surface area contributed by atoms with Gasteiger partial charge in [-0.05, 0) is 51.0 Å². The molecule has 1 aliphatic rings. The lowest BCUT2D eigenvalue weighted by Gasteiger charge is -2.46. The van der Waals surface area contributed by atoms with Crippen molar-refractivity contribution in [1.29, 1.82) is 0 Å². The van der Waals surface area contributed by atoms with Crippen LogP contribution >= 0.6 is 22.9 Å². The fraction of sp³-hybridized carbons (Fsp3) is 0.765. The van der Waals surface area contributed by atoms with E-state index in [0.29, 0.717) is 11.6 Å². The van der Waals surface area contributed by atoms with Crippen LogP contribution in [0.25, 0.3) is 0 Å². The Morgan fingerprint density at radius 3 is 2.38 bits per heavy atom. The molecular weight excluding hydrogens is 300 g/mol. The van der Waals surface area contributed by atoms with Gasteiger partial charge in [-0.3, -0.25) is 4.90 Å². The van der Waals surface area contributed by atoms with Gasteiger partial charge in [-0.15, -0.1) is 11.3 Å². The molecule has 1 aromatic rings. The number of hydrogen-bond acceptors (Lipinski definition) is 3. The molecule has 1 atom stereocenters. The van der Waals surface area contributed by atoms with Crippen LogP contribution in [0.3, 0.4) is 0 Å². The van der Waals surface area contributed by atoms with Gasteiger partial charge < -0.3 is 5.32 Å². The monoisotopic (exact) mass is 328 g/mol. The minimum atomic E-state index is 0.329. The summed E-state index contributed by atoms with van der Waals surface area (Å²) in [4.78, 5) is 4.10. The van der Waals surface area contributed by atoms with Gasteiger partial charge in [0.2, 0.25) is 0 Å². The molecule has 2 rings (SSSR count). The third-order valence-electron chi connectivity index (χ3n) is 5.00. The number of nitrogens with zero attached hydrogens (tertiary/aromatic N) is 1. The van der Waals surface area contributed by atoms with E-state index < -0.39 is 0 Å². The maximum Gasteiger partial charge on any atom is 0.0931 e. The summed E-state index contributed by atoms with van der Waals surface area (Å²) in [6.07, 6.45) is 6.48. The minimum Gasteiger partial charge on any atom is -0.312 e. The van der Waals surface area contributed by atoms with E-state index in [0.717, 1.165) is 30.4 Å². The Labute approximate surface area is 138 Å². The maximum atomic E-state index is 6.12. The second kappa shape index (κ2) is 7.96. The van der Waals surface area contributed by atoms with Crippen LogP contribution in [0, 0.1) is 0 Å². The van der Waals surface area contributed by atoms with Crippen LogP contribution in [0.4, 0.5) is 0 Å². The molecule has 120 valence electrons. The van der Waals surface area contributed by atoms with Gasteiger partial charge in [-0.25, -0.2) is 0 Å². The highest BCUT2D eigenvalue weighted by Gasteiger charge is 2.44. The van der Waals surface area contributed by atoms with E-state index in [2.05, 4.69) is 37.1 Å². The molecule has 0 aliphatic heterocycles. The smallest absolute Gasteiger partial charge is 0.0931 e. The average Bonchev–Trinajstić information content (AvgIpc) is 3.10. The van der Waals surface area contributed by atoms with E-state index in [4.69, 9.17) is 11.6 Å². The van der Waals surface area contributed by atoms with Crippen molar-refractivity contribution in [3.63, 3.8) is 0 Å². The van der Waals surface area contributed by atoms with Gasteiger partial charge in [-0.2, -0.15) is 0 Å². The van der Waals surface area contributed by atoms with Gasteiger partial charge in [-0.1, -0.05) is 45.2 Å². The van der Waals surface area contributed by atoms with E-state index >= 15 is 0 Å². The highest BCUT2D eigenvalue weighted by molar-refractivity contribution is 7.16. The molecule has 0 radical (unpaired) electrons. The molecule has 2 nitrogen and oxygen atoms in total. The van der Waals surface area contributed by atoms with Crippen molar-refractivity contribution in [3.05, 3.63) is 21.3 Å². The van der Waals surface area contributed by atoms with Gasteiger partial charge in [0, 0.05) is 16.5 Å². The number of hydrogen-bond donors (Lipinski definition) is 1. The first-order chi connectivity index (χ1) is 10.2. The summed E-state index contributed by atoms with van der Waals surface area (Å²) in [7, 11) is 0. The Morgan fingerprint density at radius 2 is 1.90 bits per heavy atom. The second-order valence-corrected chi connectivity index (χ2v) is 7.80.